The number of nitrogen functional groups attached to an aromatic ring is 5. The average molecular weight is 1830 g/mol. The van der Waals surface area contributed by atoms with E-state index in [1.165, 1.54) is 90.2 Å². The first-order valence-electron chi connectivity index (χ1n) is 38.0. The Morgan fingerprint density at radius 1 is 0.378 bits per heavy atom. The fourth-order valence-electron chi connectivity index (χ4n) is 12.2. The van der Waals surface area contributed by atoms with E-state index in [4.69, 9.17) is 59.2 Å². The van der Waals surface area contributed by atoms with Crippen molar-refractivity contribution in [1.29, 1.82) is 0 Å². The normalized spacial score (nSPS) is 10.9. The standard InChI is InChI=1S/C20H20N6O3S.C17H17N7S.C16H13FN6OS.C16H14N6S2.C15H11ClN6S/c1-27-14-9-13(10-15(28-2)17(14)29-3)23-19-24-18(21)25-26(19)20-22-11-16(30-20)12-7-5-4-6-8-12;1-23(2)12-7-5-6-11(10-12)19-16-21-15(18)24(22-16)17-20-13-8-3-4-9-14(13)25-17;1-24-12-7-6-9(8-10(12)17)19-15-21-14(18)22-23(15)16-20-11-4-2-3-5-13(11)25-16;1-23-11-6-4-5-10(9-11)18-15-20-14(17)22(21-15)16-19-12-7-2-3-8-13(12)24-16;16-9-5-7-10(8-6-9)18-14-20-13(17)22(21-14)15-19-11-3-1-2-4-12(11)23-15/h4-11H,1-3H3,(H3,21,23,24,25);3-10H,1-2H3,(H3,18,19,21,22);2-8H,1H3,(H3,18,19,21,22);2-9H,1H3,(H3,17,18,20,21);1-8H,(H3,17,18,20,21). The van der Waals surface area contributed by atoms with E-state index in [1.54, 1.807) is 83.7 Å². The summed E-state index contributed by atoms with van der Waals surface area (Å²) in [5.41, 5.74) is 39.2. The molecule has 15 N–H and O–H groups in total. The summed E-state index contributed by atoms with van der Waals surface area (Å²) in [5.74, 6) is 4.36. The van der Waals surface area contributed by atoms with Gasteiger partial charge in [-0.2, -0.15) is 48.3 Å². The molecular formula is C84H75ClFN31O4S6. The fraction of sp³-hybridized carbons (Fsp3) is 0.0833. The second-order valence-corrected chi connectivity index (χ2v) is 33.2. The van der Waals surface area contributed by atoms with Gasteiger partial charge in [-0.05, 0) is 133 Å². The molecule has 0 aliphatic rings. The average Bonchev–Trinajstić information content (AvgIpc) is 1.68. The number of aromatic nitrogens is 20. The molecule has 0 bridgehead atoms. The van der Waals surface area contributed by atoms with Crippen molar-refractivity contribution in [2.45, 2.75) is 4.90 Å². The lowest BCUT2D eigenvalue weighted by Crippen LogP contribution is -2.08. The smallest absolute Gasteiger partial charge is 0.248 e. The van der Waals surface area contributed by atoms with E-state index in [9.17, 15) is 4.39 Å². The van der Waals surface area contributed by atoms with Crippen molar-refractivity contribution >= 4 is 215 Å². The van der Waals surface area contributed by atoms with Crippen LogP contribution in [0.1, 0.15) is 0 Å². The van der Waals surface area contributed by atoms with Gasteiger partial charge in [0, 0.05) is 82.5 Å². The number of anilines is 16. The van der Waals surface area contributed by atoms with Gasteiger partial charge in [0.2, 0.25) is 90.9 Å². The highest BCUT2D eigenvalue weighted by Gasteiger charge is 2.23. The molecule has 0 saturated carbocycles. The maximum absolute atomic E-state index is 13.9. The highest BCUT2D eigenvalue weighted by Crippen LogP contribution is 2.42. The molecule has 0 aliphatic heterocycles. The Balaban J connectivity index is 0.000000117. The topological polar surface area (TPSA) is 448 Å². The zero-order chi connectivity index (χ0) is 88.2. The number of halogens is 2. The lowest BCUT2D eigenvalue weighted by atomic mass is 10.2. The Hall–Kier alpha value is -15.3. The third kappa shape index (κ3) is 20.1. The predicted molar refractivity (Wildman–Crippen MR) is 509 cm³/mol. The van der Waals surface area contributed by atoms with Crippen LogP contribution >= 0.6 is 80.0 Å². The van der Waals surface area contributed by atoms with Crippen LogP contribution in [0.3, 0.4) is 0 Å². The Labute approximate surface area is 751 Å². The summed E-state index contributed by atoms with van der Waals surface area (Å²) in [5, 5.41) is 41.4. The lowest BCUT2D eigenvalue weighted by Gasteiger charge is -2.14. The summed E-state index contributed by atoms with van der Waals surface area (Å²) in [6.07, 6.45) is 3.84. The van der Waals surface area contributed by atoms with Gasteiger partial charge < -0.3 is 79.1 Å². The van der Waals surface area contributed by atoms with Crippen LogP contribution in [0.15, 0.2) is 242 Å². The van der Waals surface area contributed by atoms with Crippen LogP contribution in [0.2, 0.25) is 5.02 Å². The summed E-state index contributed by atoms with van der Waals surface area (Å²) < 4.78 is 47.0. The van der Waals surface area contributed by atoms with Gasteiger partial charge in [-0.1, -0.05) is 159 Å². The highest BCUT2D eigenvalue weighted by molar-refractivity contribution is 7.98. The molecule has 0 radical (unpaired) electrons. The minimum atomic E-state index is -0.480. The number of thioether (sulfide) groups is 1. The number of nitrogens with zero attached hydrogens (tertiary/aromatic N) is 21. The number of hydrogen-bond donors (Lipinski definition) is 10. The van der Waals surface area contributed by atoms with Gasteiger partial charge in [0.05, 0.1) is 74.2 Å². The third-order valence-electron chi connectivity index (χ3n) is 18.1. The largest absolute Gasteiger partial charge is 0.494 e. The SMILES string of the molecule is CN(C)c1cccc(Nc2nc(N)n(-c3nc4ccccc4s3)n2)c1.COc1cc(Nc2nc(N)nn2-c2ncc(-c3ccccc3)s2)cc(OC)c1OC.COc1ccc(Nc2nc(N)nn2-c2nc3ccccc3s2)cc1F.CSc1cccc(Nc2nc(N)n(-c3nc4ccccc4s3)n2)c1.Nc1nc(Nc2ccc(Cl)cc2)nn1-c1nc2ccccc2s1. The van der Waals surface area contributed by atoms with Gasteiger partial charge in [-0.25, -0.2) is 29.3 Å². The number of rotatable bonds is 22. The fourth-order valence-corrected chi connectivity index (χ4v) is 17.3. The number of nitrogens with two attached hydrogens (primary N) is 5. The van der Waals surface area contributed by atoms with Crippen LogP contribution in [-0.4, -0.2) is 148 Å². The third-order valence-corrected chi connectivity index (χ3v) is 24.2. The van der Waals surface area contributed by atoms with Crippen molar-refractivity contribution < 1.29 is 23.3 Å². The van der Waals surface area contributed by atoms with Gasteiger partial charge >= 0.3 is 0 Å². The molecule has 0 aliphatic carbocycles. The van der Waals surface area contributed by atoms with Crippen LogP contribution in [0.4, 0.5) is 98.0 Å². The molecule has 10 aromatic heterocycles. The molecule has 0 unspecified atom stereocenters. The Bertz CT molecular complexity index is 7050. The minimum Gasteiger partial charge on any atom is -0.494 e. The second kappa shape index (κ2) is 38.6. The molecule has 0 amide bonds. The first kappa shape index (κ1) is 85.2. The molecule has 0 spiro atoms. The molecule has 20 aromatic rings. The van der Waals surface area contributed by atoms with E-state index < -0.39 is 5.82 Å². The van der Waals surface area contributed by atoms with E-state index in [0.717, 1.165) is 74.1 Å². The second-order valence-electron chi connectivity index (χ2n) is 26.8. The van der Waals surface area contributed by atoms with E-state index in [2.05, 4.69) is 108 Å². The first-order chi connectivity index (χ1) is 61.8. The van der Waals surface area contributed by atoms with E-state index in [1.807, 2.05) is 207 Å². The number of fused-ring (bicyclic) bond motifs is 4. The summed E-state index contributed by atoms with van der Waals surface area (Å²) in [4.78, 5) is 48.1. The van der Waals surface area contributed by atoms with Crippen molar-refractivity contribution in [3.63, 3.8) is 0 Å². The number of nitrogens with one attached hydrogen (secondary N) is 5. The quantitative estimate of drug-likeness (QED) is 0.0282. The number of ether oxygens (including phenoxy) is 4. The van der Waals surface area contributed by atoms with Gasteiger partial charge in [-0.15, -0.1) is 37.3 Å². The number of methoxy groups -OCH3 is 4. The molecular weight excluding hydrogens is 1750 g/mol. The van der Waals surface area contributed by atoms with Gasteiger partial charge in [0.1, 0.15) is 0 Å². The van der Waals surface area contributed by atoms with Crippen LogP contribution in [0.25, 0.3) is 77.0 Å². The zero-order valence-corrected chi connectivity index (χ0v) is 73.8. The van der Waals surface area contributed by atoms with E-state index >= 15 is 0 Å². The minimum absolute atomic E-state index is 0.0933. The van der Waals surface area contributed by atoms with Gasteiger partial charge in [0.25, 0.3) is 0 Å². The molecule has 10 aromatic carbocycles. The Morgan fingerprint density at radius 3 is 1.24 bits per heavy atom. The zero-order valence-electron chi connectivity index (χ0n) is 68.1. The summed E-state index contributed by atoms with van der Waals surface area (Å²) in [6, 6.07) is 72.9. The van der Waals surface area contributed by atoms with Crippen molar-refractivity contribution in [1.82, 2.24) is 98.7 Å². The molecule has 0 atom stereocenters. The number of thiazole rings is 5. The van der Waals surface area contributed by atoms with Crippen LogP contribution in [0, 0.1) is 5.82 Å². The molecule has 127 heavy (non-hydrogen) atoms. The van der Waals surface area contributed by atoms with Crippen LogP contribution < -0.4 is 79.1 Å². The Kier molecular flexibility index (Phi) is 25.9. The highest BCUT2D eigenvalue weighted by atomic mass is 35.5. The first-order valence-corrected chi connectivity index (χ1v) is 43.7. The van der Waals surface area contributed by atoms with Crippen molar-refractivity contribution in [3.05, 3.63) is 248 Å². The molecule has 35 nitrogen and oxygen atoms in total. The molecule has 20 rings (SSSR count). The van der Waals surface area contributed by atoms with Crippen molar-refractivity contribution in [2.24, 2.45) is 0 Å². The van der Waals surface area contributed by atoms with E-state index in [0.29, 0.717) is 101 Å². The predicted octanol–water partition coefficient (Wildman–Crippen LogP) is 18.1. The Morgan fingerprint density at radius 2 is 0.795 bits per heavy atom. The van der Waals surface area contributed by atoms with Gasteiger partial charge in [-0.3, -0.25) is 0 Å². The maximum Gasteiger partial charge on any atom is 0.248 e. The molecule has 0 fully saturated rings. The van der Waals surface area contributed by atoms with Crippen LogP contribution in [0.5, 0.6) is 23.0 Å². The molecule has 10 heterocycles. The lowest BCUT2D eigenvalue weighted by molar-refractivity contribution is 0.324. The van der Waals surface area contributed by atoms with E-state index in [-0.39, 0.29) is 23.6 Å². The van der Waals surface area contributed by atoms with Crippen LogP contribution in [-0.2, 0) is 0 Å². The summed E-state index contributed by atoms with van der Waals surface area (Å²) >= 11 is 15.1. The number of benzene rings is 10. The van der Waals surface area contributed by atoms with Crippen molar-refractivity contribution in [3.8, 4) is 59.1 Å². The van der Waals surface area contributed by atoms with Crippen molar-refractivity contribution in [2.75, 3.05) is 109 Å². The molecule has 43 heteroatoms. The summed E-state index contributed by atoms with van der Waals surface area (Å²) in [7, 11) is 10.1. The number of hydrogen-bond acceptors (Lipinski definition) is 36. The maximum atomic E-state index is 13.9. The number of para-hydroxylation sites is 4. The molecule has 640 valence electrons. The monoisotopic (exact) mass is 1830 g/mol. The van der Waals surface area contributed by atoms with Gasteiger partial charge in [0.15, 0.2) is 23.1 Å². The summed E-state index contributed by atoms with van der Waals surface area (Å²) in [6.45, 7) is 0. The molecule has 0 saturated heterocycles.